The van der Waals surface area contributed by atoms with Gasteiger partial charge in [0, 0.05) is 26.2 Å². The van der Waals surface area contributed by atoms with Gasteiger partial charge in [-0.3, -0.25) is 0 Å². The van der Waals surface area contributed by atoms with Crippen molar-refractivity contribution >= 4 is 12.0 Å². The first-order valence-electron chi connectivity index (χ1n) is 5.92. The largest absolute Gasteiger partial charge is 0.480 e. The maximum absolute atomic E-state index is 11.5. The summed E-state index contributed by atoms with van der Waals surface area (Å²) in [5.74, 6) is 1.48. The first-order valence-corrected chi connectivity index (χ1v) is 5.92. The number of carbonyl (C=O) groups is 2. The summed E-state index contributed by atoms with van der Waals surface area (Å²) in [5, 5.41) is 13.8. The lowest BCUT2D eigenvalue weighted by Gasteiger charge is -2.22. The third-order valence-electron chi connectivity index (χ3n) is 2.82. The molecule has 1 fully saturated rings. The second-order valence-electron chi connectivity index (χ2n) is 4.21. The van der Waals surface area contributed by atoms with Gasteiger partial charge in [0.15, 0.2) is 0 Å². The number of carboxylic acids is 1. The molecule has 0 aromatic rings. The number of nitrogens with one attached hydrogen (secondary N) is 2. The SMILES string of the molecule is C#CCC(NC(=O)NCC1CCOCC1)C(=O)O. The highest BCUT2D eigenvalue weighted by Crippen LogP contribution is 2.12. The van der Waals surface area contributed by atoms with Gasteiger partial charge in [-0.1, -0.05) is 0 Å². The number of hydrogen-bond acceptors (Lipinski definition) is 3. The minimum atomic E-state index is -1.13. The van der Waals surface area contributed by atoms with Crippen molar-refractivity contribution in [3.05, 3.63) is 0 Å². The molecule has 1 aliphatic rings. The average molecular weight is 254 g/mol. The zero-order chi connectivity index (χ0) is 13.4. The smallest absolute Gasteiger partial charge is 0.327 e. The van der Waals surface area contributed by atoms with Crippen LogP contribution in [0, 0.1) is 18.3 Å². The molecule has 0 aliphatic carbocycles. The number of carboxylic acid groups (broad SMARTS) is 1. The van der Waals surface area contributed by atoms with Gasteiger partial charge in [0.05, 0.1) is 0 Å². The Morgan fingerprint density at radius 3 is 2.67 bits per heavy atom. The molecule has 0 saturated carbocycles. The number of carbonyl (C=O) groups excluding carboxylic acids is 1. The molecule has 1 saturated heterocycles. The molecule has 6 heteroatoms. The Kier molecular flexibility index (Phi) is 6.01. The number of aliphatic carboxylic acids is 1. The van der Waals surface area contributed by atoms with Gasteiger partial charge in [-0.2, -0.15) is 0 Å². The molecule has 0 aromatic heterocycles. The Bertz CT molecular complexity index is 331. The van der Waals surface area contributed by atoms with E-state index in [1.807, 2.05) is 0 Å². The molecule has 0 spiro atoms. The quantitative estimate of drug-likeness (QED) is 0.611. The summed E-state index contributed by atoms with van der Waals surface area (Å²) in [5.41, 5.74) is 0. The molecule has 0 radical (unpaired) electrons. The Morgan fingerprint density at radius 2 is 2.11 bits per heavy atom. The predicted octanol–water partition coefficient (Wildman–Crippen LogP) is 0.189. The zero-order valence-electron chi connectivity index (χ0n) is 10.1. The predicted molar refractivity (Wildman–Crippen MR) is 65.0 cm³/mol. The van der Waals surface area contributed by atoms with Crippen molar-refractivity contribution in [2.45, 2.75) is 25.3 Å². The second-order valence-corrected chi connectivity index (χ2v) is 4.21. The van der Waals surface area contributed by atoms with E-state index in [1.165, 1.54) is 0 Å². The lowest BCUT2D eigenvalue weighted by molar-refractivity contribution is -0.139. The Hall–Kier alpha value is -1.74. The van der Waals surface area contributed by atoms with Gasteiger partial charge in [-0.05, 0) is 18.8 Å². The third kappa shape index (κ3) is 5.06. The standard InChI is InChI=1S/C12H18N2O4/c1-2-3-10(11(15)16)14-12(17)13-8-9-4-6-18-7-5-9/h1,9-10H,3-8H2,(H,15,16)(H2,13,14,17). The topological polar surface area (TPSA) is 87.7 Å². The van der Waals surface area contributed by atoms with E-state index in [0.29, 0.717) is 25.7 Å². The first-order chi connectivity index (χ1) is 8.63. The molecule has 18 heavy (non-hydrogen) atoms. The van der Waals surface area contributed by atoms with Crippen molar-refractivity contribution < 1.29 is 19.4 Å². The normalized spacial score (nSPS) is 17.5. The Balaban J connectivity index is 2.27. The highest BCUT2D eigenvalue weighted by Gasteiger charge is 2.19. The van der Waals surface area contributed by atoms with Crippen LogP contribution in [-0.2, 0) is 9.53 Å². The van der Waals surface area contributed by atoms with E-state index in [4.69, 9.17) is 16.3 Å². The Morgan fingerprint density at radius 1 is 1.44 bits per heavy atom. The molecule has 1 atom stereocenters. The number of terminal acetylenes is 1. The molecule has 2 amide bonds. The minimum absolute atomic E-state index is 0.0278. The van der Waals surface area contributed by atoms with Gasteiger partial charge in [-0.15, -0.1) is 12.3 Å². The van der Waals surface area contributed by atoms with Crippen LogP contribution in [0.1, 0.15) is 19.3 Å². The zero-order valence-corrected chi connectivity index (χ0v) is 10.1. The molecular weight excluding hydrogens is 236 g/mol. The summed E-state index contributed by atoms with van der Waals surface area (Å²) >= 11 is 0. The minimum Gasteiger partial charge on any atom is -0.480 e. The summed E-state index contributed by atoms with van der Waals surface area (Å²) in [6.07, 6.45) is 6.83. The molecule has 1 unspecified atom stereocenters. The number of rotatable bonds is 5. The fourth-order valence-electron chi connectivity index (χ4n) is 1.71. The maximum Gasteiger partial charge on any atom is 0.327 e. The van der Waals surface area contributed by atoms with Crippen LogP contribution >= 0.6 is 0 Å². The molecule has 1 aliphatic heterocycles. The van der Waals surface area contributed by atoms with E-state index in [0.717, 1.165) is 12.8 Å². The molecule has 0 bridgehead atoms. The van der Waals surface area contributed by atoms with E-state index in [-0.39, 0.29) is 6.42 Å². The third-order valence-corrected chi connectivity index (χ3v) is 2.82. The number of urea groups is 1. The van der Waals surface area contributed by atoms with E-state index in [1.54, 1.807) is 0 Å². The van der Waals surface area contributed by atoms with Crippen molar-refractivity contribution in [2.75, 3.05) is 19.8 Å². The van der Waals surface area contributed by atoms with Crippen molar-refractivity contribution in [1.82, 2.24) is 10.6 Å². The number of ether oxygens (including phenoxy) is 1. The first kappa shape index (κ1) is 14.3. The molecule has 6 nitrogen and oxygen atoms in total. The second kappa shape index (κ2) is 7.56. The van der Waals surface area contributed by atoms with Gasteiger partial charge in [0.25, 0.3) is 0 Å². The molecular formula is C12H18N2O4. The van der Waals surface area contributed by atoms with E-state index in [9.17, 15) is 9.59 Å². The van der Waals surface area contributed by atoms with Gasteiger partial charge in [0.2, 0.25) is 0 Å². The van der Waals surface area contributed by atoms with Crippen molar-refractivity contribution in [3.63, 3.8) is 0 Å². The van der Waals surface area contributed by atoms with Crippen LogP contribution in [0.4, 0.5) is 4.79 Å². The lowest BCUT2D eigenvalue weighted by Crippen LogP contribution is -2.47. The summed E-state index contributed by atoms with van der Waals surface area (Å²) < 4.78 is 5.21. The van der Waals surface area contributed by atoms with E-state index in [2.05, 4.69) is 16.6 Å². The van der Waals surface area contributed by atoms with Crippen LogP contribution in [0.15, 0.2) is 0 Å². The van der Waals surface area contributed by atoms with Crippen LogP contribution in [0.3, 0.4) is 0 Å². The van der Waals surface area contributed by atoms with Gasteiger partial charge in [-0.25, -0.2) is 9.59 Å². The van der Waals surface area contributed by atoms with Crippen LogP contribution in [0.25, 0.3) is 0 Å². The average Bonchev–Trinajstić information content (AvgIpc) is 2.37. The molecule has 1 rings (SSSR count). The highest BCUT2D eigenvalue weighted by atomic mass is 16.5. The van der Waals surface area contributed by atoms with E-state index >= 15 is 0 Å². The number of hydrogen-bond donors (Lipinski definition) is 3. The number of amides is 2. The van der Waals surface area contributed by atoms with Crippen molar-refractivity contribution in [2.24, 2.45) is 5.92 Å². The van der Waals surface area contributed by atoms with E-state index < -0.39 is 18.0 Å². The van der Waals surface area contributed by atoms with Crippen molar-refractivity contribution in [1.29, 1.82) is 0 Å². The summed E-state index contributed by atoms with van der Waals surface area (Å²) in [6.45, 7) is 1.95. The van der Waals surface area contributed by atoms with Crippen molar-refractivity contribution in [3.8, 4) is 12.3 Å². The summed E-state index contributed by atoms with van der Waals surface area (Å²) in [6, 6.07) is -1.53. The van der Waals surface area contributed by atoms with Crippen LogP contribution < -0.4 is 10.6 Å². The molecule has 100 valence electrons. The Labute approximate surface area is 106 Å². The monoisotopic (exact) mass is 254 g/mol. The lowest BCUT2D eigenvalue weighted by atomic mass is 10.0. The van der Waals surface area contributed by atoms with Gasteiger partial charge in [0.1, 0.15) is 6.04 Å². The summed E-state index contributed by atoms with van der Waals surface area (Å²) in [4.78, 5) is 22.3. The fraction of sp³-hybridized carbons (Fsp3) is 0.667. The molecule has 3 N–H and O–H groups in total. The van der Waals surface area contributed by atoms with Gasteiger partial charge < -0.3 is 20.5 Å². The molecule has 0 aromatic carbocycles. The van der Waals surface area contributed by atoms with Crippen LogP contribution in [0.2, 0.25) is 0 Å². The maximum atomic E-state index is 11.5. The summed E-state index contributed by atoms with van der Waals surface area (Å²) in [7, 11) is 0. The highest BCUT2D eigenvalue weighted by molar-refractivity contribution is 5.82. The van der Waals surface area contributed by atoms with Gasteiger partial charge >= 0.3 is 12.0 Å². The molecule has 1 heterocycles. The van der Waals surface area contributed by atoms with Crippen LogP contribution in [-0.4, -0.2) is 42.9 Å². The fourth-order valence-corrected chi connectivity index (χ4v) is 1.71. The van der Waals surface area contributed by atoms with Crippen LogP contribution in [0.5, 0.6) is 0 Å².